The van der Waals surface area contributed by atoms with Gasteiger partial charge in [-0.05, 0) is 39.9 Å². The number of piperidine rings is 1. The smallest absolute Gasteiger partial charge is 0.198 e. The maximum atomic E-state index is 5.68. The molecule has 1 aliphatic heterocycles. The molecule has 4 nitrogen and oxygen atoms in total. The summed E-state index contributed by atoms with van der Waals surface area (Å²) >= 11 is 0. The van der Waals surface area contributed by atoms with Crippen LogP contribution in [0, 0.1) is 0 Å². The van der Waals surface area contributed by atoms with Gasteiger partial charge in [0.2, 0.25) is 0 Å². The minimum absolute atomic E-state index is 0.446. The van der Waals surface area contributed by atoms with Crippen LogP contribution in [0.4, 0.5) is 0 Å². The van der Waals surface area contributed by atoms with Crippen molar-refractivity contribution in [1.29, 1.82) is 0 Å². The largest absolute Gasteiger partial charge is 0.448 e. The highest BCUT2D eigenvalue weighted by Gasteiger charge is 2.24. The molecular weight excluding hydrogens is 226 g/mol. The van der Waals surface area contributed by atoms with E-state index in [0.29, 0.717) is 12.0 Å². The summed E-state index contributed by atoms with van der Waals surface area (Å²) < 4.78 is 5.68. The summed E-state index contributed by atoms with van der Waals surface area (Å²) in [7, 11) is 1.98. The number of nitrogens with zero attached hydrogens (tertiary/aromatic N) is 2. The number of nitrogens with one attached hydrogen (secondary N) is 1. The van der Waals surface area contributed by atoms with Crippen molar-refractivity contribution in [3.05, 3.63) is 17.8 Å². The molecule has 1 saturated heterocycles. The summed E-state index contributed by atoms with van der Waals surface area (Å²) in [4.78, 5) is 7.14. The van der Waals surface area contributed by atoms with Crippen LogP contribution < -0.4 is 5.32 Å². The van der Waals surface area contributed by atoms with Crippen LogP contribution in [0.2, 0.25) is 0 Å². The van der Waals surface area contributed by atoms with Gasteiger partial charge in [-0.15, -0.1) is 0 Å². The Balaban J connectivity index is 1.96. The molecule has 2 heterocycles. The minimum atomic E-state index is 0.446. The number of likely N-dealkylation sites (N-methyl/N-ethyl adjacent to an activating group) is 2. The van der Waals surface area contributed by atoms with Gasteiger partial charge in [-0.3, -0.25) is 0 Å². The van der Waals surface area contributed by atoms with E-state index < -0.39 is 0 Å². The lowest BCUT2D eigenvalue weighted by Crippen LogP contribution is -2.34. The second kappa shape index (κ2) is 6.34. The van der Waals surface area contributed by atoms with Gasteiger partial charge in [0.1, 0.15) is 6.26 Å². The Morgan fingerprint density at radius 3 is 3.17 bits per heavy atom. The van der Waals surface area contributed by atoms with E-state index in [1.807, 2.05) is 13.3 Å². The van der Waals surface area contributed by atoms with Gasteiger partial charge in [-0.1, -0.05) is 6.92 Å². The molecule has 102 valence electrons. The van der Waals surface area contributed by atoms with E-state index in [-0.39, 0.29) is 0 Å². The minimum Gasteiger partial charge on any atom is -0.448 e. The number of aromatic nitrogens is 1. The van der Waals surface area contributed by atoms with Gasteiger partial charge in [-0.2, -0.15) is 0 Å². The van der Waals surface area contributed by atoms with Crippen molar-refractivity contribution in [2.45, 2.75) is 45.1 Å². The van der Waals surface area contributed by atoms with Crippen LogP contribution >= 0.6 is 0 Å². The van der Waals surface area contributed by atoms with E-state index in [1.165, 1.54) is 19.4 Å². The van der Waals surface area contributed by atoms with Crippen molar-refractivity contribution in [3.8, 4) is 0 Å². The van der Waals surface area contributed by atoms with Crippen molar-refractivity contribution in [2.75, 3.05) is 26.7 Å². The van der Waals surface area contributed by atoms with Crippen molar-refractivity contribution in [3.63, 3.8) is 0 Å². The lowest BCUT2D eigenvalue weighted by Gasteiger charge is -2.29. The van der Waals surface area contributed by atoms with Crippen LogP contribution in [0.15, 0.2) is 10.7 Å². The molecule has 1 aromatic rings. The van der Waals surface area contributed by atoms with Crippen LogP contribution in [0.5, 0.6) is 0 Å². The third-order valence-electron chi connectivity index (χ3n) is 3.88. The zero-order valence-corrected chi connectivity index (χ0v) is 11.8. The summed E-state index contributed by atoms with van der Waals surface area (Å²) in [6.07, 6.45) is 5.22. The van der Waals surface area contributed by atoms with E-state index in [9.17, 15) is 0 Å². The lowest BCUT2D eigenvalue weighted by atomic mass is 9.98. The first-order chi connectivity index (χ1) is 8.72. The fraction of sp³-hybridized carbons (Fsp3) is 0.786. The van der Waals surface area contributed by atoms with Crippen molar-refractivity contribution in [1.82, 2.24) is 15.2 Å². The summed E-state index contributed by atoms with van der Waals surface area (Å²) in [6, 6.07) is 0.446. The first-order valence-electron chi connectivity index (χ1n) is 7.06. The van der Waals surface area contributed by atoms with E-state index >= 15 is 0 Å². The Kier molecular flexibility index (Phi) is 4.78. The van der Waals surface area contributed by atoms with Gasteiger partial charge in [0, 0.05) is 24.9 Å². The molecular formula is C14H25N3O. The number of hydrogen-bond acceptors (Lipinski definition) is 4. The fourth-order valence-electron chi connectivity index (χ4n) is 2.56. The van der Waals surface area contributed by atoms with Crippen LogP contribution in [-0.2, 0) is 6.42 Å². The molecule has 0 bridgehead atoms. The molecule has 1 aromatic heterocycles. The maximum absolute atomic E-state index is 5.68. The summed E-state index contributed by atoms with van der Waals surface area (Å²) in [5, 5.41) is 3.23. The molecule has 0 saturated carbocycles. The molecule has 2 rings (SSSR count). The van der Waals surface area contributed by atoms with E-state index in [0.717, 1.165) is 31.1 Å². The average Bonchev–Trinajstić information content (AvgIpc) is 2.87. The van der Waals surface area contributed by atoms with E-state index in [4.69, 9.17) is 4.42 Å². The molecule has 1 N–H and O–H groups in total. The molecule has 1 aliphatic rings. The summed E-state index contributed by atoms with van der Waals surface area (Å²) in [5.74, 6) is 1.42. The molecule has 4 heteroatoms. The SMILES string of the molecule is CCN1CCCC(c2nc(CC(C)NC)co2)C1. The highest BCUT2D eigenvalue weighted by Crippen LogP contribution is 2.26. The van der Waals surface area contributed by atoms with Crippen LogP contribution in [0.3, 0.4) is 0 Å². The number of oxazole rings is 1. The topological polar surface area (TPSA) is 41.3 Å². The molecule has 0 aliphatic carbocycles. The summed E-state index contributed by atoms with van der Waals surface area (Å²) in [5.41, 5.74) is 1.07. The second-order valence-electron chi connectivity index (χ2n) is 5.30. The van der Waals surface area contributed by atoms with Gasteiger partial charge in [-0.25, -0.2) is 4.98 Å². The Bertz CT molecular complexity index is 364. The van der Waals surface area contributed by atoms with Gasteiger partial charge in [0.15, 0.2) is 5.89 Å². The highest BCUT2D eigenvalue weighted by molar-refractivity contribution is 5.04. The molecule has 0 amide bonds. The first kappa shape index (κ1) is 13.6. The molecule has 0 spiro atoms. The molecule has 1 fully saturated rings. The Morgan fingerprint density at radius 2 is 2.44 bits per heavy atom. The Labute approximate surface area is 110 Å². The van der Waals surface area contributed by atoms with Gasteiger partial charge in [0.25, 0.3) is 0 Å². The number of rotatable bonds is 5. The van der Waals surface area contributed by atoms with Gasteiger partial charge >= 0.3 is 0 Å². The van der Waals surface area contributed by atoms with Gasteiger partial charge < -0.3 is 14.6 Å². The Hall–Kier alpha value is -0.870. The quantitative estimate of drug-likeness (QED) is 0.869. The lowest BCUT2D eigenvalue weighted by molar-refractivity contribution is 0.202. The second-order valence-corrected chi connectivity index (χ2v) is 5.30. The standard InChI is InChI=1S/C14H25N3O/c1-4-17-7-5-6-12(9-17)14-16-13(10-18-14)8-11(2)15-3/h10-12,15H,4-9H2,1-3H3. The molecule has 18 heavy (non-hydrogen) atoms. The van der Waals surface area contributed by atoms with Crippen molar-refractivity contribution in [2.24, 2.45) is 0 Å². The van der Waals surface area contributed by atoms with Crippen LogP contribution in [-0.4, -0.2) is 42.6 Å². The maximum Gasteiger partial charge on any atom is 0.198 e. The van der Waals surface area contributed by atoms with Crippen LogP contribution in [0.25, 0.3) is 0 Å². The monoisotopic (exact) mass is 251 g/mol. The first-order valence-corrected chi connectivity index (χ1v) is 7.06. The normalized spacial score (nSPS) is 23.2. The molecule has 2 unspecified atom stereocenters. The zero-order chi connectivity index (χ0) is 13.0. The summed E-state index contributed by atoms with van der Waals surface area (Å²) in [6.45, 7) is 7.82. The van der Waals surface area contributed by atoms with Gasteiger partial charge in [0.05, 0.1) is 5.69 Å². The number of likely N-dealkylation sites (tertiary alicyclic amines) is 1. The molecule has 0 radical (unpaired) electrons. The predicted octanol–water partition coefficient (Wildman–Crippen LogP) is 2.02. The average molecular weight is 251 g/mol. The van der Waals surface area contributed by atoms with Crippen LogP contribution in [0.1, 0.15) is 44.2 Å². The highest BCUT2D eigenvalue weighted by atomic mass is 16.3. The molecule has 0 aromatic carbocycles. The van der Waals surface area contributed by atoms with Crippen molar-refractivity contribution < 1.29 is 4.42 Å². The van der Waals surface area contributed by atoms with Crippen molar-refractivity contribution >= 4 is 0 Å². The zero-order valence-electron chi connectivity index (χ0n) is 11.8. The predicted molar refractivity (Wildman–Crippen MR) is 72.8 cm³/mol. The Morgan fingerprint density at radius 1 is 1.61 bits per heavy atom. The third kappa shape index (κ3) is 3.33. The van der Waals surface area contributed by atoms with E-state index in [2.05, 4.69) is 29.0 Å². The van der Waals surface area contributed by atoms with E-state index in [1.54, 1.807) is 0 Å². The third-order valence-corrected chi connectivity index (χ3v) is 3.88. The molecule has 2 atom stereocenters. The fourth-order valence-corrected chi connectivity index (χ4v) is 2.56. The number of hydrogen-bond donors (Lipinski definition) is 1.